The van der Waals surface area contributed by atoms with Gasteiger partial charge < -0.3 is 14.5 Å². The molecule has 2 aromatic rings. The van der Waals surface area contributed by atoms with Crippen LogP contribution in [0, 0.1) is 0 Å². The Morgan fingerprint density at radius 1 is 0.857 bits per heavy atom. The molecule has 0 atom stereocenters. The van der Waals surface area contributed by atoms with Crippen LogP contribution in [0.1, 0.15) is 18.4 Å². The van der Waals surface area contributed by atoms with E-state index < -0.39 is 0 Å². The molecule has 2 aliphatic rings. The Morgan fingerprint density at radius 3 is 2.36 bits per heavy atom. The molecule has 0 spiro atoms. The van der Waals surface area contributed by atoms with Crippen molar-refractivity contribution in [1.82, 2.24) is 4.90 Å². The number of hydrogen-bond donors (Lipinski definition) is 0. The van der Waals surface area contributed by atoms with Crippen LogP contribution >= 0.6 is 0 Å². The van der Waals surface area contributed by atoms with Gasteiger partial charge in [0.1, 0.15) is 5.75 Å². The lowest BCUT2D eigenvalue weighted by Gasteiger charge is -2.37. The van der Waals surface area contributed by atoms with E-state index in [4.69, 9.17) is 4.74 Å². The maximum Gasteiger partial charge on any atom is 0.227 e. The van der Waals surface area contributed by atoms with Crippen molar-refractivity contribution in [2.75, 3.05) is 56.2 Å². The van der Waals surface area contributed by atoms with Crippen molar-refractivity contribution in [3.63, 3.8) is 0 Å². The molecule has 0 radical (unpaired) electrons. The van der Waals surface area contributed by atoms with Crippen LogP contribution in [0.25, 0.3) is 0 Å². The molecular formula is C23H29N3O2. The smallest absolute Gasteiger partial charge is 0.227 e. The molecule has 0 aliphatic carbocycles. The Morgan fingerprint density at radius 2 is 1.57 bits per heavy atom. The number of anilines is 2. The number of rotatable bonds is 6. The predicted molar refractivity (Wildman–Crippen MR) is 113 cm³/mol. The number of fused-ring (bicyclic) bond motifs is 1. The van der Waals surface area contributed by atoms with E-state index in [1.807, 2.05) is 23.1 Å². The number of carbonyl (C=O) groups is 1. The molecule has 5 nitrogen and oxygen atoms in total. The summed E-state index contributed by atoms with van der Waals surface area (Å²) in [6.07, 6.45) is 2.51. The van der Waals surface area contributed by atoms with E-state index in [-0.39, 0.29) is 5.91 Å². The third-order valence-corrected chi connectivity index (χ3v) is 5.85. The maximum atomic E-state index is 12.4. The number of methoxy groups -OCH3 is 1. The Labute approximate surface area is 167 Å². The zero-order chi connectivity index (χ0) is 19.3. The average Bonchev–Trinajstić information content (AvgIpc) is 2.76. The van der Waals surface area contributed by atoms with Crippen molar-refractivity contribution < 1.29 is 9.53 Å². The molecule has 4 rings (SSSR count). The Kier molecular flexibility index (Phi) is 5.81. The molecule has 28 heavy (non-hydrogen) atoms. The number of para-hydroxylation sites is 3. The summed E-state index contributed by atoms with van der Waals surface area (Å²) in [4.78, 5) is 19.3. The lowest BCUT2D eigenvalue weighted by atomic mass is 10.0. The van der Waals surface area contributed by atoms with E-state index >= 15 is 0 Å². The lowest BCUT2D eigenvalue weighted by molar-refractivity contribution is -0.118. The molecule has 0 N–H and O–H groups in total. The summed E-state index contributed by atoms with van der Waals surface area (Å²) in [7, 11) is 1.73. The number of benzene rings is 2. The van der Waals surface area contributed by atoms with Crippen LogP contribution in [-0.2, 0) is 11.2 Å². The van der Waals surface area contributed by atoms with Gasteiger partial charge in [0.05, 0.1) is 12.8 Å². The van der Waals surface area contributed by atoms with Crippen LogP contribution in [0.2, 0.25) is 0 Å². The predicted octanol–water partition coefficient (Wildman–Crippen LogP) is 3.19. The van der Waals surface area contributed by atoms with Gasteiger partial charge in [-0.1, -0.05) is 30.3 Å². The highest BCUT2D eigenvalue weighted by molar-refractivity contribution is 5.96. The zero-order valence-electron chi connectivity index (χ0n) is 16.6. The Hall–Kier alpha value is -2.53. The fourth-order valence-electron chi connectivity index (χ4n) is 4.30. The first-order valence-corrected chi connectivity index (χ1v) is 10.2. The summed E-state index contributed by atoms with van der Waals surface area (Å²) in [6, 6.07) is 16.6. The Balaban J connectivity index is 1.28. The fraction of sp³-hybridized carbons (Fsp3) is 0.435. The molecule has 1 saturated heterocycles. The van der Waals surface area contributed by atoms with E-state index in [1.165, 1.54) is 11.3 Å². The van der Waals surface area contributed by atoms with Gasteiger partial charge in [-0.2, -0.15) is 0 Å². The maximum absolute atomic E-state index is 12.4. The van der Waals surface area contributed by atoms with Gasteiger partial charge in [-0.25, -0.2) is 0 Å². The topological polar surface area (TPSA) is 36.0 Å². The van der Waals surface area contributed by atoms with Crippen LogP contribution in [0.4, 0.5) is 11.4 Å². The third-order valence-electron chi connectivity index (χ3n) is 5.85. The van der Waals surface area contributed by atoms with Crippen molar-refractivity contribution in [2.24, 2.45) is 0 Å². The largest absolute Gasteiger partial charge is 0.495 e. The van der Waals surface area contributed by atoms with E-state index in [2.05, 4.69) is 40.1 Å². The highest BCUT2D eigenvalue weighted by Gasteiger charge is 2.24. The van der Waals surface area contributed by atoms with Crippen LogP contribution in [0.5, 0.6) is 5.75 Å². The van der Waals surface area contributed by atoms with Crippen molar-refractivity contribution in [3.8, 4) is 5.75 Å². The normalized spacial score (nSPS) is 17.5. The molecule has 0 unspecified atom stereocenters. The van der Waals surface area contributed by atoms with Gasteiger partial charge in [-0.3, -0.25) is 9.69 Å². The molecule has 5 heteroatoms. The summed E-state index contributed by atoms with van der Waals surface area (Å²) in [6.45, 7) is 5.94. The number of amides is 1. The number of carbonyl (C=O) groups excluding carboxylic acids is 1. The summed E-state index contributed by atoms with van der Waals surface area (Å²) in [5, 5.41) is 0. The molecule has 0 bridgehead atoms. The van der Waals surface area contributed by atoms with Gasteiger partial charge in [-0.05, 0) is 43.1 Å². The first-order chi connectivity index (χ1) is 13.8. The van der Waals surface area contributed by atoms with Crippen LogP contribution in [0.15, 0.2) is 48.5 Å². The monoisotopic (exact) mass is 379 g/mol. The average molecular weight is 380 g/mol. The molecule has 1 amide bonds. The molecule has 0 aromatic heterocycles. The van der Waals surface area contributed by atoms with E-state index in [0.717, 1.165) is 63.5 Å². The zero-order valence-corrected chi connectivity index (χ0v) is 16.6. The van der Waals surface area contributed by atoms with Gasteiger partial charge >= 0.3 is 0 Å². The van der Waals surface area contributed by atoms with Crippen molar-refractivity contribution in [3.05, 3.63) is 54.1 Å². The second-order valence-corrected chi connectivity index (χ2v) is 7.53. The standard InChI is InChI=1S/C23H29N3O2/c1-28-22-10-5-4-9-21(22)25-17-15-24(16-18-25)13-6-14-26-20-8-3-2-7-19(20)11-12-23(26)27/h2-5,7-10H,6,11-18H2,1H3. The number of nitrogens with zero attached hydrogens (tertiary/aromatic N) is 3. The van der Waals surface area contributed by atoms with Crippen LogP contribution in [-0.4, -0.2) is 57.2 Å². The Bertz CT molecular complexity index is 815. The third kappa shape index (κ3) is 3.99. The van der Waals surface area contributed by atoms with Gasteiger partial charge in [0.25, 0.3) is 0 Å². The highest BCUT2D eigenvalue weighted by Crippen LogP contribution is 2.29. The molecule has 2 aliphatic heterocycles. The van der Waals surface area contributed by atoms with Crippen LogP contribution < -0.4 is 14.5 Å². The van der Waals surface area contributed by atoms with Crippen molar-refractivity contribution >= 4 is 17.3 Å². The number of aryl methyl sites for hydroxylation is 1. The number of ether oxygens (including phenoxy) is 1. The first kappa shape index (κ1) is 18.8. The molecule has 1 fully saturated rings. The lowest BCUT2D eigenvalue weighted by Crippen LogP contribution is -2.47. The van der Waals surface area contributed by atoms with Crippen molar-refractivity contribution in [2.45, 2.75) is 19.3 Å². The van der Waals surface area contributed by atoms with E-state index in [1.54, 1.807) is 7.11 Å². The quantitative estimate of drug-likeness (QED) is 0.772. The van der Waals surface area contributed by atoms with Gasteiger partial charge in [0.2, 0.25) is 5.91 Å². The van der Waals surface area contributed by atoms with Gasteiger partial charge in [0, 0.05) is 44.8 Å². The second-order valence-electron chi connectivity index (χ2n) is 7.53. The summed E-state index contributed by atoms with van der Waals surface area (Å²) < 4.78 is 5.50. The summed E-state index contributed by atoms with van der Waals surface area (Å²) >= 11 is 0. The summed E-state index contributed by atoms with van der Waals surface area (Å²) in [5.41, 5.74) is 3.59. The molecule has 2 heterocycles. The second kappa shape index (κ2) is 8.65. The van der Waals surface area contributed by atoms with E-state index in [0.29, 0.717) is 6.42 Å². The van der Waals surface area contributed by atoms with Gasteiger partial charge in [0.15, 0.2) is 0 Å². The molecule has 0 saturated carbocycles. The van der Waals surface area contributed by atoms with E-state index in [9.17, 15) is 4.79 Å². The molecule has 2 aromatic carbocycles. The minimum Gasteiger partial charge on any atom is -0.495 e. The minimum absolute atomic E-state index is 0.264. The molecule has 148 valence electrons. The number of hydrogen-bond acceptors (Lipinski definition) is 4. The first-order valence-electron chi connectivity index (χ1n) is 10.2. The highest BCUT2D eigenvalue weighted by atomic mass is 16.5. The van der Waals surface area contributed by atoms with Gasteiger partial charge in [-0.15, -0.1) is 0 Å². The fourth-order valence-corrected chi connectivity index (χ4v) is 4.30. The van der Waals surface area contributed by atoms with Crippen molar-refractivity contribution in [1.29, 1.82) is 0 Å². The molecular weight excluding hydrogens is 350 g/mol. The summed E-state index contributed by atoms with van der Waals surface area (Å²) in [5.74, 6) is 1.21. The minimum atomic E-state index is 0.264. The SMILES string of the molecule is COc1ccccc1N1CCN(CCCN2C(=O)CCc3ccccc32)CC1. The number of piperazine rings is 1. The van der Waals surface area contributed by atoms with Crippen LogP contribution in [0.3, 0.4) is 0 Å².